The summed E-state index contributed by atoms with van der Waals surface area (Å²) in [6.07, 6.45) is 1.70. The molecule has 0 bridgehead atoms. The SMILES string of the molecule is Cc1cc(-c2ccc3c(c2)C(C)(C)c2ccccc2-3)nc(-c2cccc(-c3nc4cccnc4o3)c2)n1. The fraction of sp³-hybridized carbons (Fsp3) is 0.125. The maximum absolute atomic E-state index is 5.89. The Labute approximate surface area is 214 Å². The standard InChI is InChI=1S/C32H24N4O/c1-19-16-28(20-13-14-24-23-10-4-5-11-25(23)32(2,3)26(24)18-20)35-29(34-19)21-8-6-9-22(17-21)30-36-27-12-7-15-33-31(27)37-30/h4-18H,1-3H3. The van der Waals surface area contributed by atoms with Crippen molar-refractivity contribution >= 4 is 11.2 Å². The average molecular weight is 481 g/mol. The Morgan fingerprint density at radius 2 is 1.51 bits per heavy atom. The van der Waals surface area contributed by atoms with E-state index < -0.39 is 0 Å². The number of hydrogen-bond donors (Lipinski definition) is 0. The number of aromatic nitrogens is 4. The average Bonchev–Trinajstić information content (AvgIpc) is 3.46. The lowest BCUT2D eigenvalue weighted by atomic mass is 9.82. The lowest BCUT2D eigenvalue weighted by Crippen LogP contribution is -2.14. The molecule has 0 radical (unpaired) electrons. The van der Waals surface area contributed by atoms with Crippen molar-refractivity contribution < 1.29 is 4.42 Å². The lowest BCUT2D eigenvalue weighted by Gasteiger charge is -2.22. The molecule has 1 aliphatic rings. The first-order valence-corrected chi connectivity index (χ1v) is 12.4. The molecule has 37 heavy (non-hydrogen) atoms. The van der Waals surface area contributed by atoms with E-state index in [9.17, 15) is 0 Å². The van der Waals surface area contributed by atoms with Crippen LogP contribution in [-0.4, -0.2) is 19.9 Å². The van der Waals surface area contributed by atoms with E-state index in [1.807, 2.05) is 43.3 Å². The molecule has 0 atom stereocenters. The molecule has 0 aliphatic heterocycles. The Kier molecular flexibility index (Phi) is 4.64. The first-order chi connectivity index (χ1) is 18.0. The van der Waals surface area contributed by atoms with Crippen molar-refractivity contribution in [3.05, 3.63) is 108 Å². The van der Waals surface area contributed by atoms with Crippen LogP contribution in [0.2, 0.25) is 0 Å². The zero-order valence-electron chi connectivity index (χ0n) is 20.9. The summed E-state index contributed by atoms with van der Waals surface area (Å²) in [4.78, 5) is 18.6. The fourth-order valence-corrected chi connectivity index (χ4v) is 5.39. The van der Waals surface area contributed by atoms with Crippen LogP contribution in [0.15, 0.2) is 95.5 Å². The van der Waals surface area contributed by atoms with E-state index in [0.717, 1.165) is 33.6 Å². The summed E-state index contributed by atoms with van der Waals surface area (Å²) < 4.78 is 5.89. The van der Waals surface area contributed by atoms with Crippen molar-refractivity contribution in [1.29, 1.82) is 0 Å². The summed E-state index contributed by atoms with van der Waals surface area (Å²) >= 11 is 0. The third kappa shape index (κ3) is 3.46. The number of benzene rings is 3. The van der Waals surface area contributed by atoms with E-state index in [-0.39, 0.29) is 5.41 Å². The largest absolute Gasteiger partial charge is 0.418 e. The Hall–Kier alpha value is -4.64. The fourth-order valence-electron chi connectivity index (χ4n) is 5.39. The molecule has 6 aromatic rings. The molecule has 0 spiro atoms. The third-order valence-corrected chi connectivity index (χ3v) is 7.27. The molecule has 0 saturated carbocycles. The highest BCUT2D eigenvalue weighted by atomic mass is 16.4. The van der Waals surface area contributed by atoms with E-state index in [4.69, 9.17) is 14.4 Å². The van der Waals surface area contributed by atoms with Crippen molar-refractivity contribution in [2.75, 3.05) is 0 Å². The van der Waals surface area contributed by atoms with Crippen LogP contribution in [0, 0.1) is 6.92 Å². The van der Waals surface area contributed by atoms with Gasteiger partial charge in [0.15, 0.2) is 5.82 Å². The Bertz CT molecular complexity index is 1800. The molecule has 0 fully saturated rings. The molecule has 0 unspecified atom stereocenters. The van der Waals surface area contributed by atoms with Gasteiger partial charge in [-0.25, -0.2) is 19.9 Å². The van der Waals surface area contributed by atoms with E-state index in [1.54, 1.807) is 6.20 Å². The van der Waals surface area contributed by atoms with Gasteiger partial charge in [-0.15, -0.1) is 0 Å². The number of pyridine rings is 1. The predicted octanol–water partition coefficient (Wildman–Crippen LogP) is 7.63. The molecule has 0 N–H and O–H groups in total. The number of aryl methyl sites for hydroxylation is 1. The van der Waals surface area contributed by atoms with Crippen molar-refractivity contribution in [2.24, 2.45) is 0 Å². The molecule has 5 nitrogen and oxygen atoms in total. The molecule has 3 aromatic heterocycles. The lowest BCUT2D eigenvalue weighted by molar-refractivity contribution is 0.608. The van der Waals surface area contributed by atoms with Gasteiger partial charge in [0.1, 0.15) is 5.52 Å². The van der Waals surface area contributed by atoms with Crippen LogP contribution in [0.4, 0.5) is 0 Å². The van der Waals surface area contributed by atoms with Crippen molar-refractivity contribution in [1.82, 2.24) is 19.9 Å². The molecule has 0 amide bonds. The highest BCUT2D eigenvalue weighted by molar-refractivity contribution is 5.83. The summed E-state index contributed by atoms with van der Waals surface area (Å²) in [6.45, 7) is 6.61. The number of hydrogen-bond acceptors (Lipinski definition) is 5. The minimum absolute atomic E-state index is 0.0599. The van der Waals surface area contributed by atoms with E-state index in [1.165, 1.54) is 22.3 Å². The summed E-state index contributed by atoms with van der Waals surface area (Å²) in [5.74, 6) is 1.21. The highest BCUT2D eigenvalue weighted by Crippen LogP contribution is 2.49. The first kappa shape index (κ1) is 21.6. The maximum atomic E-state index is 5.89. The third-order valence-electron chi connectivity index (χ3n) is 7.27. The number of fused-ring (bicyclic) bond motifs is 4. The summed E-state index contributed by atoms with van der Waals surface area (Å²) in [5, 5.41) is 0. The normalized spacial score (nSPS) is 13.5. The summed E-state index contributed by atoms with van der Waals surface area (Å²) in [6, 6.07) is 29.2. The second-order valence-corrected chi connectivity index (χ2v) is 10.1. The molecular formula is C32H24N4O. The van der Waals surface area contributed by atoms with Gasteiger partial charge in [0, 0.05) is 34.0 Å². The van der Waals surface area contributed by atoms with Gasteiger partial charge >= 0.3 is 0 Å². The molecule has 7 rings (SSSR count). The van der Waals surface area contributed by atoms with Crippen LogP contribution in [0.3, 0.4) is 0 Å². The van der Waals surface area contributed by atoms with Crippen molar-refractivity contribution in [3.63, 3.8) is 0 Å². The minimum atomic E-state index is -0.0599. The smallest absolute Gasteiger partial charge is 0.247 e. The Morgan fingerprint density at radius 3 is 2.41 bits per heavy atom. The van der Waals surface area contributed by atoms with Crippen LogP contribution in [-0.2, 0) is 5.41 Å². The summed E-state index contributed by atoms with van der Waals surface area (Å²) in [7, 11) is 0. The van der Waals surface area contributed by atoms with Gasteiger partial charge in [0.25, 0.3) is 0 Å². The van der Waals surface area contributed by atoms with Gasteiger partial charge in [0.05, 0.1) is 5.69 Å². The summed E-state index contributed by atoms with van der Waals surface area (Å²) in [5.41, 5.74) is 11.2. The van der Waals surface area contributed by atoms with Gasteiger partial charge in [-0.05, 0) is 65.6 Å². The maximum Gasteiger partial charge on any atom is 0.247 e. The molecule has 0 saturated heterocycles. The molecule has 3 aromatic carbocycles. The van der Waals surface area contributed by atoms with Gasteiger partial charge in [-0.3, -0.25) is 0 Å². The highest BCUT2D eigenvalue weighted by Gasteiger charge is 2.35. The number of oxazole rings is 1. The molecule has 5 heteroatoms. The zero-order chi connectivity index (χ0) is 25.1. The number of nitrogens with zero attached hydrogens (tertiary/aromatic N) is 4. The monoisotopic (exact) mass is 480 g/mol. The van der Waals surface area contributed by atoms with E-state index in [2.05, 4.69) is 72.3 Å². The van der Waals surface area contributed by atoms with E-state index >= 15 is 0 Å². The van der Waals surface area contributed by atoms with Gasteiger partial charge in [-0.1, -0.05) is 62.4 Å². The molecular weight excluding hydrogens is 456 g/mol. The topological polar surface area (TPSA) is 64.7 Å². The van der Waals surface area contributed by atoms with Crippen LogP contribution < -0.4 is 0 Å². The van der Waals surface area contributed by atoms with Gasteiger partial charge in [0.2, 0.25) is 11.6 Å². The predicted molar refractivity (Wildman–Crippen MR) is 146 cm³/mol. The van der Waals surface area contributed by atoms with Gasteiger partial charge < -0.3 is 4.42 Å². The number of rotatable bonds is 3. The van der Waals surface area contributed by atoms with Crippen LogP contribution in [0.1, 0.15) is 30.7 Å². The second kappa shape index (κ2) is 7.93. The Morgan fingerprint density at radius 1 is 0.676 bits per heavy atom. The molecule has 178 valence electrons. The Balaban J connectivity index is 1.30. The van der Waals surface area contributed by atoms with Crippen molar-refractivity contribution in [2.45, 2.75) is 26.2 Å². The van der Waals surface area contributed by atoms with Gasteiger partial charge in [-0.2, -0.15) is 0 Å². The molecule has 1 aliphatic carbocycles. The molecule has 3 heterocycles. The van der Waals surface area contributed by atoms with E-state index in [0.29, 0.717) is 17.4 Å². The quantitative estimate of drug-likeness (QED) is 0.261. The van der Waals surface area contributed by atoms with Crippen LogP contribution in [0.25, 0.3) is 56.5 Å². The second-order valence-electron chi connectivity index (χ2n) is 10.1. The van der Waals surface area contributed by atoms with Crippen LogP contribution in [0.5, 0.6) is 0 Å². The van der Waals surface area contributed by atoms with Crippen LogP contribution >= 0.6 is 0 Å². The first-order valence-electron chi connectivity index (χ1n) is 12.4. The zero-order valence-corrected chi connectivity index (χ0v) is 20.9. The minimum Gasteiger partial charge on any atom is -0.418 e. The van der Waals surface area contributed by atoms with Crippen molar-refractivity contribution in [3.8, 4) is 45.2 Å².